The maximum atomic E-state index is 13.5. The van der Waals surface area contributed by atoms with Crippen LogP contribution in [0.25, 0.3) is 11.1 Å². The minimum Gasteiger partial charge on any atom is -0.343 e. The van der Waals surface area contributed by atoms with Crippen molar-refractivity contribution in [3.8, 4) is 11.1 Å². The highest BCUT2D eigenvalue weighted by Gasteiger charge is 2.40. The van der Waals surface area contributed by atoms with Crippen molar-refractivity contribution in [2.24, 2.45) is 5.41 Å². The molecule has 2 heterocycles. The van der Waals surface area contributed by atoms with E-state index in [9.17, 15) is 9.59 Å². The van der Waals surface area contributed by atoms with E-state index in [-0.39, 0.29) is 17.2 Å². The van der Waals surface area contributed by atoms with Gasteiger partial charge in [0.1, 0.15) is 0 Å². The molecule has 0 saturated carbocycles. The van der Waals surface area contributed by atoms with Crippen molar-refractivity contribution in [1.29, 1.82) is 0 Å². The van der Waals surface area contributed by atoms with Gasteiger partial charge in [-0.05, 0) is 48.3 Å². The number of benzene rings is 2. The second kappa shape index (κ2) is 7.78. The molecule has 0 atom stereocenters. The van der Waals surface area contributed by atoms with Gasteiger partial charge in [-0.1, -0.05) is 48.5 Å². The molecular formula is C24H28N2O2. The van der Waals surface area contributed by atoms with E-state index in [0.29, 0.717) is 0 Å². The number of nitrogens with zero attached hydrogens (tertiary/aromatic N) is 2. The summed E-state index contributed by atoms with van der Waals surface area (Å²) in [6.07, 6.45) is 4.19. The van der Waals surface area contributed by atoms with Gasteiger partial charge in [0.15, 0.2) is 0 Å². The Kier molecular flexibility index (Phi) is 5.21. The summed E-state index contributed by atoms with van der Waals surface area (Å²) in [5, 5.41) is 0. The van der Waals surface area contributed by atoms with Gasteiger partial charge in [0.2, 0.25) is 5.91 Å². The summed E-state index contributed by atoms with van der Waals surface area (Å²) in [6.45, 7) is 4.91. The normalized spacial score (nSPS) is 18.9. The summed E-state index contributed by atoms with van der Waals surface area (Å²) in [4.78, 5) is 29.1. The SMILES string of the molecule is CC(=O)N1CCC2(CCCN(C(=O)c3ccccc3-c3ccccc3)C2)CC1. The number of likely N-dealkylation sites (tertiary alicyclic amines) is 2. The highest BCUT2D eigenvalue weighted by atomic mass is 16.2. The summed E-state index contributed by atoms with van der Waals surface area (Å²) in [6, 6.07) is 18.1. The molecule has 28 heavy (non-hydrogen) atoms. The third-order valence-corrected chi connectivity index (χ3v) is 6.46. The number of carbonyl (C=O) groups is 2. The molecule has 146 valence electrons. The van der Waals surface area contributed by atoms with E-state index in [1.165, 1.54) is 0 Å². The Balaban J connectivity index is 1.54. The van der Waals surface area contributed by atoms with Gasteiger partial charge in [0, 0.05) is 38.7 Å². The highest BCUT2D eigenvalue weighted by Crippen LogP contribution is 2.40. The maximum absolute atomic E-state index is 13.5. The van der Waals surface area contributed by atoms with Crippen LogP contribution in [0.15, 0.2) is 54.6 Å². The molecule has 0 aliphatic carbocycles. The number of carbonyl (C=O) groups excluding carboxylic acids is 2. The average Bonchev–Trinajstić information content (AvgIpc) is 2.74. The summed E-state index contributed by atoms with van der Waals surface area (Å²) in [5.41, 5.74) is 3.03. The number of piperidine rings is 2. The van der Waals surface area contributed by atoms with Crippen LogP contribution in [-0.2, 0) is 4.79 Å². The van der Waals surface area contributed by atoms with Gasteiger partial charge < -0.3 is 9.80 Å². The van der Waals surface area contributed by atoms with Crippen LogP contribution in [0.2, 0.25) is 0 Å². The molecule has 2 amide bonds. The van der Waals surface area contributed by atoms with Crippen LogP contribution >= 0.6 is 0 Å². The van der Waals surface area contributed by atoms with Crippen molar-refractivity contribution < 1.29 is 9.59 Å². The Morgan fingerprint density at radius 3 is 2.21 bits per heavy atom. The van der Waals surface area contributed by atoms with Crippen LogP contribution in [0.3, 0.4) is 0 Å². The smallest absolute Gasteiger partial charge is 0.254 e. The van der Waals surface area contributed by atoms with Gasteiger partial charge in [-0.2, -0.15) is 0 Å². The standard InChI is InChI=1S/C24H28N2O2/c1-19(27)25-16-13-24(14-17-25)12-7-15-26(18-24)23(28)22-11-6-5-10-21(22)20-8-3-2-4-9-20/h2-6,8-11H,7,12-18H2,1H3. The zero-order valence-electron chi connectivity index (χ0n) is 16.6. The largest absolute Gasteiger partial charge is 0.343 e. The highest BCUT2D eigenvalue weighted by molar-refractivity contribution is 6.01. The van der Waals surface area contributed by atoms with Crippen molar-refractivity contribution in [2.75, 3.05) is 26.2 Å². The predicted molar refractivity (Wildman–Crippen MR) is 111 cm³/mol. The minimum atomic E-state index is 0.132. The Morgan fingerprint density at radius 1 is 0.821 bits per heavy atom. The number of rotatable bonds is 2. The van der Waals surface area contributed by atoms with E-state index in [1.54, 1.807) is 6.92 Å². The van der Waals surface area contributed by atoms with Gasteiger partial charge in [-0.25, -0.2) is 0 Å². The molecule has 2 aromatic carbocycles. The van der Waals surface area contributed by atoms with Crippen molar-refractivity contribution in [2.45, 2.75) is 32.6 Å². The zero-order chi connectivity index (χ0) is 19.6. The molecule has 2 aliphatic heterocycles. The van der Waals surface area contributed by atoms with E-state index in [4.69, 9.17) is 0 Å². The van der Waals surface area contributed by atoms with Crippen LogP contribution in [0.4, 0.5) is 0 Å². The van der Waals surface area contributed by atoms with Crippen LogP contribution in [0, 0.1) is 5.41 Å². The fraction of sp³-hybridized carbons (Fsp3) is 0.417. The van der Waals surface area contributed by atoms with Gasteiger partial charge in [0.25, 0.3) is 5.91 Å². The van der Waals surface area contributed by atoms with E-state index in [1.807, 2.05) is 47.4 Å². The lowest BCUT2D eigenvalue weighted by molar-refractivity contribution is -0.131. The average molecular weight is 377 g/mol. The first-order valence-corrected chi connectivity index (χ1v) is 10.3. The van der Waals surface area contributed by atoms with Crippen molar-refractivity contribution in [3.63, 3.8) is 0 Å². The minimum absolute atomic E-state index is 0.132. The molecule has 0 bridgehead atoms. The molecule has 2 saturated heterocycles. The Bertz CT molecular complexity index is 854. The maximum Gasteiger partial charge on any atom is 0.254 e. The molecule has 0 radical (unpaired) electrons. The first kappa shape index (κ1) is 18.7. The number of hydrogen-bond donors (Lipinski definition) is 0. The third kappa shape index (κ3) is 3.68. The molecule has 4 nitrogen and oxygen atoms in total. The second-order valence-corrected chi connectivity index (χ2v) is 8.25. The van der Waals surface area contributed by atoms with Crippen LogP contribution in [0.1, 0.15) is 43.0 Å². The molecule has 2 fully saturated rings. The van der Waals surface area contributed by atoms with Crippen molar-refractivity contribution >= 4 is 11.8 Å². The van der Waals surface area contributed by atoms with Crippen LogP contribution < -0.4 is 0 Å². The Labute approximate surface area is 167 Å². The first-order chi connectivity index (χ1) is 13.6. The second-order valence-electron chi connectivity index (χ2n) is 8.25. The molecule has 0 N–H and O–H groups in total. The van der Waals surface area contributed by atoms with E-state index >= 15 is 0 Å². The zero-order valence-corrected chi connectivity index (χ0v) is 16.6. The van der Waals surface area contributed by atoms with Gasteiger partial charge in [0.05, 0.1) is 0 Å². The van der Waals surface area contributed by atoms with E-state index < -0.39 is 0 Å². The summed E-state index contributed by atoms with van der Waals surface area (Å²) in [7, 11) is 0. The fourth-order valence-corrected chi connectivity index (χ4v) is 4.79. The van der Waals surface area contributed by atoms with Gasteiger partial charge in [-0.15, -0.1) is 0 Å². The lowest BCUT2D eigenvalue weighted by atomic mass is 9.72. The lowest BCUT2D eigenvalue weighted by Crippen LogP contribution is -2.51. The Hall–Kier alpha value is -2.62. The quantitative estimate of drug-likeness (QED) is 0.787. The third-order valence-electron chi connectivity index (χ3n) is 6.46. The van der Waals surface area contributed by atoms with E-state index in [2.05, 4.69) is 17.0 Å². The summed E-state index contributed by atoms with van der Waals surface area (Å²) >= 11 is 0. The molecule has 4 rings (SSSR count). The van der Waals surface area contributed by atoms with Crippen molar-refractivity contribution in [1.82, 2.24) is 9.80 Å². The molecule has 2 aliphatic rings. The lowest BCUT2D eigenvalue weighted by Gasteiger charge is -2.47. The van der Waals surface area contributed by atoms with Gasteiger partial charge in [-0.3, -0.25) is 9.59 Å². The molecular weight excluding hydrogens is 348 g/mol. The van der Waals surface area contributed by atoms with E-state index in [0.717, 1.165) is 68.6 Å². The van der Waals surface area contributed by atoms with Crippen LogP contribution in [-0.4, -0.2) is 47.8 Å². The topological polar surface area (TPSA) is 40.6 Å². The molecule has 0 aromatic heterocycles. The molecule has 1 spiro atoms. The molecule has 4 heteroatoms. The monoisotopic (exact) mass is 376 g/mol. The van der Waals surface area contributed by atoms with Gasteiger partial charge >= 0.3 is 0 Å². The number of hydrogen-bond acceptors (Lipinski definition) is 2. The molecule has 2 aromatic rings. The predicted octanol–water partition coefficient (Wildman–Crippen LogP) is 4.22. The molecule has 0 unspecified atom stereocenters. The van der Waals surface area contributed by atoms with Crippen LogP contribution in [0.5, 0.6) is 0 Å². The summed E-state index contributed by atoms with van der Waals surface area (Å²) in [5.74, 6) is 0.294. The fourth-order valence-electron chi connectivity index (χ4n) is 4.79. The summed E-state index contributed by atoms with van der Waals surface area (Å²) < 4.78 is 0. The Morgan fingerprint density at radius 2 is 1.50 bits per heavy atom. The number of amides is 2. The van der Waals surface area contributed by atoms with Crippen molar-refractivity contribution in [3.05, 3.63) is 60.2 Å². The first-order valence-electron chi connectivity index (χ1n) is 10.3.